The third-order valence-corrected chi connectivity index (χ3v) is 3.99. The van der Waals surface area contributed by atoms with Gasteiger partial charge in [0.2, 0.25) is 0 Å². The highest BCUT2D eigenvalue weighted by atomic mass is 127. The maximum Gasteiger partial charge on any atom is 0.191 e. The van der Waals surface area contributed by atoms with Crippen molar-refractivity contribution in [1.29, 1.82) is 0 Å². The zero-order valence-corrected chi connectivity index (χ0v) is 18.1. The summed E-state index contributed by atoms with van der Waals surface area (Å²) in [4.78, 5) is 4.69. The van der Waals surface area contributed by atoms with E-state index < -0.39 is 0 Å². The van der Waals surface area contributed by atoms with E-state index in [-0.39, 0.29) is 24.0 Å². The van der Waals surface area contributed by atoms with Gasteiger partial charge in [-0.15, -0.1) is 24.0 Å². The minimum atomic E-state index is 0. The number of aliphatic imine (C=N–C) groups is 1. The van der Waals surface area contributed by atoms with E-state index in [9.17, 15) is 0 Å². The topological polar surface area (TPSA) is 54.2 Å². The molecule has 142 valence electrons. The maximum absolute atomic E-state index is 4.69. The van der Waals surface area contributed by atoms with E-state index in [1.807, 2.05) is 29.1 Å². The molecule has 2 aromatic carbocycles. The van der Waals surface area contributed by atoms with E-state index in [0.29, 0.717) is 13.1 Å². The van der Waals surface area contributed by atoms with Crippen LogP contribution in [0.25, 0.3) is 5.69 Å². The molecule has 27 heavy (non-hydrogen) atoms. The Balaban J connectivity index is 0.00000261. The predicted molar refractivity (Wildman–Crippen MR) is 122 cm³/mol. The van der Waals surface area contributed by atoms with Crippen LogP contribution in [-0.4, -0.2) is 22.3 Å². The summed E-state index contributed by atoms with van der Waals surface area (Å²) in [5.41, 5.74) is 4.70. The lowest BCUT2D eigenvalue weighted by molar-refractivity contribution is 0.812. The number of aryl methyl sites for hydroxylation is 1. The Kier molecular flexibility index (Phi) is 8.32. The van der Waals surface area contributed by atoms with Gasteiger partial charge in [-0.25, -0.2) is 9.67 Å². The Morgan fingerprint density at radius 2 is 1.85 bits per heavy atom. The van der Waals surface area contributed by atoms with E-state index in [0.717, 1.165) is 18.2 Å². The molecule has 2 N–H and O–H groups in total. The summed E-state index contributed by atoms with van der Waals surface area (Å²) in [5, 5.41) is 11.0. The summed E-state index contributed by atoms with van der Waals surface area (Å²) < 4.78 is 1.86. The fourth-order valence-corrected chi connectivity index (χ4v) is 2.74. The molecule has 0 amide bonds. The molecule has 0 unspecified atom stereocenters. The van der Waals surface area contributed by atoms with Crippen molar-refractivity contribution in [3.05, 3.63) is 83.7 Å². The summed E-state index contributed by atoms with van der Waals surface area (Å²) in [6, 6.07) is 18.7. The number of rotatable bonds is 6. The summed E-state index contributed by atoms with van der Waals surface area (Å²) in [6.07, 6.45) is 3.73. The highest BCUT2D eigenvalue weighted by Gasteiger charge is 2.01. The molecule has 0 spiro atoms. The number of nitrogens with one attached hydrogen (secondary N) is 2. The van der Waals surface area contributed by atoms with Gasteiger partial charge in [-0.1, -0.05) is 42.0 Å². The lowest BCUT2D eigenvalue weighted by Gasteiger charge is -2.12. The molecule has 0 fully saturated rings. The first-order valence-corrected chi connectivity index (χ1v) is 8.91. The first-order valence-electron chi connectivity index (χ1n) is 8.91. The molecule has 0 atom stereocenters. The molecule has 0 bridgehead atoms. The molecular formula is C21H26IN5. The minimum absolute atomic E-state index is 0. The van der Waals surface area contributed by atoms with Crippen LogP contribution in [0.4, 0.5) is 0 Å². The van der Waals surface area contributed by atoms with E-state index >= 15 is 0 Å². The second kappa shape index (κ2) is 10.7. The van der Waals surface area contributed by atoms with Crippen molar-refractivity contribution in [3.8, 4) is 5.69 Å². The number of nitrogens with zero attached hydrogens (tertiary/aromatic N) is 3. The minimum Gasteiger partial charge on any atom is -0.357 e. The third-order valence-electron chi connectivity index (χ3n) is 3.99. The number of hydrogen-bond acceptors (Lipinski definition) is 2. The first-order chi connectivity index (χ1) is 12.7. The molecule has 0 aliphatic carbocycles. The zero-order chi connectivity index (χ0) is 18.2. The number of benzene rings is 2. The van der Waals surface area contributed by atoms with E-state index in [1.54, 1.807) is 6.20 Å². The van der Waals surface area contributed by atoms with Crippen LogP contribution >= 0.6 is 24.0 Å². The van der Waals surface area contributed by atoms with Crippen LogP contribution in [0.5, 0.6) is 0 Å². The molecule has 0 aliphatic heterocycles. The first kappa shape index (κ1) is 21.0. The standard InChI is InChI=1S/C21H25N5.HI/c1-3-22-21(23-15-18-8-4-7-17(2)13-18)24-16-19-9-5-10-20(14-19)26-12-6-11-25-26;/h4-14H,3,15-16H2,1-2H3,(H2,22,23,24);1H. The number of halogens is 1. The summed E-state index contributed by atoms with van der Waals surface area (Å²) >= 11 is 0. The molecule has 0 saturated carbocycles. The normalized spacial score (nSPS) is 11.0. The van der Waals surface area contributed by atoms with Gasteiger partial charge in [0.25, 0.3) is 0 Å². The van der Waals surface area contributed by atoms with Crippen LogP contribution in [0.3, 0.4) is 0 Å². The number of hydrogen-bond donors (Lipinski definition) is 2. The van der Waals surface area contributed by atoms with Crippen molar-refractivity contribution in [2.75, 3.05) is 6.54 Å². The maximum atomic E-state index is 4.69. The van der Waals surface area contributed by atoms with E-state index in [2.05, 4.69) is 71.0 Å². The van der Waals surface area contributed by atoms with Crippen molar-refractivity contribution in [3.63, 3.8) is 0 Å². The molecule has 0 radical (unpaired) electrons. The molecule has 3 aromatic rings. The monoisotopic (exact) mass is 475 g/mol. The Labute approximate surface area is 177 Å². The average Bonchev–Trinajstić information content (AvgIpc) is 3.19. The van der Waals surface area contributed by atoms with Crippen LogP contribution in [0.2, 0.25) is 0 Å². The van der Waals surface area contributed by atoms with Crippen molar-refractivity contribution >= 4 is 29.9 Å². The van der Waals surface area contributed by atoms with E-state index in [1.165, 1.54) is 16.7 Å². The van der Waals surface area contributed by atoms with Gasteiger partial charge in [0.1, 0.15) is 0 Å². The Morgan fingerprint density at radius 3 is 2.59 bits per heavy atom. The van der Waals surface area contributed by atoms with Crippen LogP contribution < -0.4 is 10.6 Å². The van der Waals surface area contributed by atoms with Crippen LogP contribution in [0, 0.1) is 6.92 Å². The van der Waals surface area contributed by atoms with Gasteiger partial charge < -0.3 is 10.6 Å². The number of aromatic nitrogens is 2. The quantitative estimate of drug-likeness (QED) is 0.321. The highest BCUT2D eigenvalue weighted by Crippen LogP contribution is 2.09. The predicted octanol–water partition coefficient (Wildman–Crippen LogP) is 4.05. The fourth-order valence-electron chi connectivity index (χ4n) is 2.74. The number of guanidine groups is 1. The molecular weight excluding hydrogens is 449 g/mol. The van der Waals surface area contributed by atoms with Crippen molar-refractivity contribution in [2.45, 2.75) is 26.9 Å². The zero-order valence-electron chi connectivity index (χ0n) is 15.7. The van der Waals surface area contributed by atoms with Crippen molar-refractivity contribution < 1.29 is 0 Å². The molecule has 0 saturated heterocycles. The van der Waals surface area contributed by atoms with Crippen LogP contribution in [0.15, 0.2) is 72.0 Å². The van der Waals surface area contributed by atoms with Gasteiger partial charge in [-0.2, -0.15) is 5.10 Å². The largest absolute Gasteiger partial charge is 0.357 e. The van der Waals surface area contributed by atoms with Crippen molar-refractivity contribution in [1.82, 2.24) is 20.4 Å². The molecule has 3 rings (SSSR count). The smallest absolute Gasteiger partial charge is 0.191 e. The van der Waals surface area contributed by atoms with Gasteiger partial charge in [-0.05, 0) is 43.2 Å². The van der Waals surface area contributed by atoms with Gasteiger partial charge in [0.15, 0.2) is 5.96 Å². The summed E-state index contributed by atoms with van der Waals surface area (Å²) in [6.45, 7) is 6.36. The van der Waals surface area contributed by atoms with Gasteiger partial charge in [0, 0.05) is 25.5 Å². The van der Waals surface area contributed by atoms with Gasteiger partial charge in [0.05, 0.1) is 12.2 Å². The second-order valence-electron chi connectivity index (χ2n) is 6.16. The van der Waals surface area contributed by atoms with Gasteiger partial charge >= 0.3 is 0 Å². The third kappa shape index (κ3) is 6.39. The van der Waals surface area contributed by atoms with Crippen LogP contribution in [0.1, 0.15) is 23.6 Å². The Hall–Kier alpha value is -2.35. The molecule has 1 heterocycles. The Morgan fingerprint density at radius 1 is 1.04 bits per heavy atom. The second-order valence-corrected chi connectivity index (χ2v) is 6.16. The Bertz CT molecular complexity index is 859. The van der Waals surface area contributed by atoms with Crippen molar-refractivity contribution in [2.24, 2.45) is 4.99 Å². The molecule has 5 nitrogen and oxygen atoms in total. The van der Waals surface area contributed by atoms with Gasteiger partial charge in [-0.3, -0.25) is 0 Å². The summed E-state index contributed by atoms with van der Waals surface area (Å²) in [5.74, 6) is 0.818. The molecule has 0 aliphatic rings. The molecule has 6 heteroatoms. The highest BCUT2D eigenvalue weighted by molar-refractivity contribution is 14.0. The SMILES string of the molecule is CCNC(=NCc1cccc(C)c1)NCc1cccc(-n2cccn2)c1.I. The average molecular weight is 475 g/mol. The fraction of sp³-hybridized carbons (Fsp3) is 0.238. The lowest BCUT2D eigenvalue weighted by atomic mass is 10.1. The van der Waals surface area contributed by atoms with E-state index in [4.69, 9.17) is 0 Å². The van der Waals surface area contributed by atoms with Crippen LogP contribution in [-0.2, 0) is 13.1 Å². The molecule has 1 aromatic heterocycles. The lowest BCUT2D eigenvalue weighted by Crippen LogP contribution is -2.36. The summed E-state index contributed by atoms with van der Waals surface area (Å²) in [7, 11) is 0.